The van der Waals surface area contributed by atoms with Gasteiger partial charge in [0.25, 0.3) is 0 Å². The van der Waals surface area contributed by atoms with Gasteiger partial charge in [0.2, 0.25) is 0 Å². The maximum atomic E-state index is 5.84. The summed E-state index contributed by atoms with van der Waals surface area (Å²) in [5.74, 6) is 0. The zero-order chi connectivity index (χ0) is 10.0. The summed E-state index contributed by atoms with van der Waals surface area (Å²) < 4.78 is 1.15. The molecule has 0 spiro atoms. The zero-order valence-corrected chi connectivity index (χ0v) is 9.89. The van der Waals surface area contributed by atoms with Crippen LogP contribution in [0.25, 0.3) is 0 Å². The second-order valence-electron chi connectivity index (χ2n) is 4.36. The minimum atomic E-state index is 0.424. The van der Waals surface area contributed by atoms with Crippen molar-refractivity contribution in [2.24, 2.45) is 11.1 Å². The highest BCUT2D eigenvalue weighted by Crippen LogP contribution is 2.42. The maximum absolute atomic E-state index is 5.84. The minimum absolute atomic E-state index is 0.424. The fourth-order valence-corrected chi connectivity index (χ4v) is 2.43. The van der Waals surface area contributed by atoms with Crippen molar-refractivity contribution in [3.8, 4) is 0 Å². The first-order chi connectivity index (χ1) is 6.74. The first-order valence-corrected chi connectivity index (χ1v) is 5.98. The molecule has 1 fully saturated rings. The van der Waals surface area contributed by atoms with Crippen LogP contribution in [0.15, 0.2) is 28.7 Å². The van der Waals surface area contributed by atoms with E-state index in [1.54, 1.807) is 0 Å². The van der Waals surface area contributed by atoms with Crippen LogP contribution in [-0.2, 0) is 6.42 Å². The Labute approximate surface area is 93.8 Å². The van der Waals surface area contributed by atoms with E-state index in [1.165, 1.54) is 24.8 Å². The molecule has 2 N–H and O–H groups in total. The summed E-state index contributed by atoms with van der Waals surface area (Å²) in [6.07, 6.45) is 5.11. The Morgan fingerprint density at radius 3 is 2.29 bits per heavy atom. The third kappa shape index (κ3) is 2.01. The van der Waals surface area contributed by atoms with E-state index < -0.39 is 0 Å². The summed E-state index contributed by atoms with van der Waals surface area (Å²) in [5, 5.41) is 0. The van der Waals surface area contributed by atoms with Gasteiger partial charge in [0.05, 0.1) is 0 Å². The number of hydrogen-bond acceptors (Lipinski definition) is 1. The summed E-state index contributed by atoms with van der Waals surface area (Å²) in [6, 6.07) is 8.61. The molecule has 0 bridgehead atoms. The smallest absolute Gasteiger partial charge is 0.0175 e. The van der Waals surface area contributed by atoms with Crippen LogP contribution in [0.3, 0.4) is 0 Å². The van der Waals surface area contributed by atoms with Crippen LogP contribution in [-0.4, -0.2) is 6.54 Å². The molecule has 0 atom stereocenters. The highest BCUT2D eigenvalue weighted by atomic mass is 79.9. The number of rotatable bonds is 3. The molecule has 0 unspecified atom stereocenters. The van der Waals surface area contributed by atoms with Crippen molar-refractivity contribution in [2.45, 2.75) is 25.7 Å². The van der Waals surface area contributed by atoms with Gasteiger partial charge in [0, 0.05) is 4.47 Å². The Bertz CT molecular complexity index is 295. The van der Waals surface area contributed by atoms with Crippen LogP contribution in [0.5, 0.6) is 0 Å². The predicted octanol–water partition coefficient (Wildman–Crippen LogP) is 3.12. The number of halogens is 1. The molecule has 0 radical (unpaired) electrons. The van der Waals surface area contributed by atoms with Crippen LogP contribution < -0.4 is 5.73 Å². The van der Waals surface area contributed by atoms with Crippen molar-refractivity contribution in [3.05, 3.63) is 34.3 Å². The first-order valence-electron chi connectivity index (χ1n) is 5.19. The maximum Gasteiger partial charge on any atom is 0.0175 e. The lowest BCUT2D eigenvalue weighted by Gasteiger charge is -2.41. The highest BCUT2D eigenvalue weighted by Gasteiger charge is 2.35. The van der Waals surface area contributed by atoms with Gasteiger partial charge in [0.1, 0.15) is 0 Å². The first kappa shape index (κ1) is 10.2. The second-order valence-corrected chi connectivity index (χ2v) is 5.28. The molecule has 1 saturated carbocycles. The lowest BCUT2D eigenvalue weighted by Crippen LogP contribution is -2.39. The number of benzene rings is 1. The summed E-state index contributed by atoms with van der Waals surface area (Å²) in [6.45, 7) is 0.836. The Kier molecular flexibility index (Phi) is 2.93. The average Bonchev–Trinajstić information content (AvgIpc) is 2.15. The molecule has 1 aromatic rings. The van der Waals surface area contributed by atoms with Gasteiger partial charge >= 0.3 is 0 Å². The largest absolute Gasteiger partial charge is 0.330 e. The molecule has 2 heteroatoms. The fourth-order valence-electron chi connectivity index (χ4n) is 2.17. The van der Waals surface area contributed by atoms with Crippen LogP contribution in [0.4, 0.5) is 0 Å². The molecule has 0 heterocycles. The Morgan fingerprint density at radius 2 is 1.86 bits per heavy atom. The molecule has 2 rings (SSSR count). The Hall–Kier alpha value is -0.340. The standard InChI is InChI=1S/C12H16BrN/c13-11-4-2-10(3-5-11)8-12(9-14)6-1-7-12/h2-5H,1,6-9,14H2. The van der Waals surface area contributed by atoms with E-state index in [9.17, 15) is 0 Å². The number of hydrogen-bond donors (Lipinski definition) is 1. The van der Waals surface area contributed by atoms with E-state index in [2.05, 4.69) is 40.2 Å². The molecular formula is C12H16BrN. The molecule has 1 aliphatic rings. The van der Waals surface area contributed by atoms with E-state index in [1.807, 2.05) is 0 Å². The molecule has 0 amide bonds. The van der Waals surface area contributed by atoms with Gasteiger partial charge in [-0.25, -0.2) is 0 Å². The van der Waals surface area contributed by atoms with E-state index in [4.69, 9.17) is 5.73 Å². The van der Waals surface area contributed by atoms with E-state index in [-0.39, 0.29) is 0 Å². The van der Waals surface area contributed by atoms with E-state index in [0.29, 0.717) is 5.41 Å². The quantitative estimate of drug-likeness (QED) is 0.881. The monoisotopic (exact) mass is 253 g/mol. The molecule has 14 heavy (non-hydrogen) atoms. The fraction of sp³-hybridized carbons (Fsp3) is 0.500. The molecule has 0 aliphatic heterocycles. The van der Waals surface area contributed by atoms with Crippen LogP contribution in [0.2, 0.25) is 0 Å². The SMILES string of the molecule is NCC1(Cc2ccc(Br)cc2)CCC1. The summed E-state index contributed by atoms with van der Waals surface area (Å²) in [4.78, 5) is 0. The molecule has 0 saturated heterocycles. The predicted molar refractivity (Wildman–Crippen MR) is 63.2 cm³/mol. The third-order valence-electron chi connectivity index (χ3n) is 3.34. The van der Waals surface area contributed by atoms with Crippen LogP contribution >= 0.6 is 15.9 Å². The molecular weight excluding hydrogens is 238 g/mol. The summed E-state index contributed by atoms with van der Waals surface area (Å²) >= 11 is 3.45. The number of nitrogens with two attached hydrogens (primary N) is 1. The summed E-state index contributed by atoms with van der Waals surface area (Å²) in [7, 11) is 0. The third-order valence-corrected chi connectivity index (χ3v) is 3.87. The molecule has 0 aromatic heterocycles. The van der Waals surface area contributed by atoms with Gasteiger partial charge in [-0.15, -0.1) is 0 Å². The van der Waals surface area contributed by atoms with Gasteiger partial charge in [-0.3, -0.25) is 0 Å². The Balaban J connectivity index is 2.06. The summed E-state index contributed by atoms with van der Waals surface area (Å²) in [5.41, 5.74) is 7.68. The van der Waals surface area contributed by atoms with Crippen molar-refractivity contribution in [1.82, 2.24) is 0 Å². The van der Waals surface area contributed by atoms with Gasteiger partial charge in [-0.2, -0.15) is 0 Å². The van der Waals surface area contributed by atoms with Gasteiger partial charge in [0.15, 0.2) is 0 Å². The van der Waals surface area contributed by atoms with Crippen molar-refractivity contribution in [1.29, 1.82) is 0 Å². The van der Waals surface area contributed by atoms with Crippen molar-refractivity contribution in [3.63, 3.8) is 0 Å². The van der Waals surface area contributed by atoms with Crippen molar-refractivity contribution >= 4 is 15.9 Å². The van der Waals surface area contributed by atoms with E-state index in [0.717, 1.165) is 17.4 Å². The van der Waals surface area contributed by atoms with Crippen molar-refractivity contribution < 1.29 is 0 Å². The van der Waals surface area contributed by atoms with Gasteiger partial charge in [-0.05, 0) is 48.9 Å². The molecule has 1 aromatic carbocycles. The zero-order valence-electron chi connectivity index (χ0n) is 8.30. The van der Waals surface area contributed by atoms with Crippen LogP contribution in [0.1, 0.15) is 24.8 Å². The Morgan fingerprint density at radius 1 is 1.21 bits per heavy atom. The molecule has 1 nitrogen and oxygen atoms in total. The van der Waals surface area contributed by atoms with E-state index >= 15 is 0 Å². The minimum Gasteiger partial charge on any atom is -0.330 e. The lowest BCUT2D eigenvalue weighted by molar-refractivity contribution is 0.145. The van der Waals surface area contributed by atoms with Gasteiger partial charge < -0.3 is 5.73 Å². The average molecular weight is 254 g/mol. The molecule has 76 valence electrons. The topological polar surface area (TPSA) is 26.0 Å². The highest BCUT2D eigenvalue weighted by molar-refractivity contribution is 9.10. The second kappa shape index (κ2) is 4.03. The van der Waals surface area contributed by atoms with Gasteiger partial charge in [-0.1, -0.05) is 34.5 Å². The van der Waals surface area contributed by atoms with Crippen molar-refractivity contribution in [2.75, 3.05) is 6.54 Å². The normalized spacial score (nSPS) is 19.0. The lowest BCUT2D eigenvalue weighted by atomic mass is 9.65. The van der Waals surface area contributed by atoms with Crippen LogP contribution in [0, 0.1) is 5.41 Å². The molecule has 1 aliphatic carbocycles.